The molecular weight excluding hydrogens is 272 g/mol. The van der Waals surface area contributed by atoms with E-state index in [0.717, 1.165) is 6.42 Å². The van der Waals surface area contributed by atoms with Gasteiger partial charge in [0.15, 0.2) is 11.5 Å². The first-order chi connectivity index (χ1) is 10.3. The molecule has 116 valence electrons. The van der Waals surface area contributed by atoms with Gasteiger partial charge in [0.1, 0.15) is 12.4 Å². The van der Waals surface area contributed by atoms with E-state index in [2.05, 4.69) is 0 Å². The van der Waals surface area contributed by atoms with Crippen molar-refractivity contribution in [2.24, 2.45) is 5.92 Å². The number of aliphatic hydroxyl groups excluding tert-OH is 2. The Morgan fingerprint density at radius 1 is 1.19 bits per heavy atom. The summed E-state index contributed by atoms with van der Waals surface area (Å²) < 4.78 is 16.3. The van der Waals surface area contributed by atoms with Crippen LogP contribution in [0.4, 0.5) is 0 Å². The van der Waals surface area contributed by atoms with Gasteiger partial charge in [0, 0.05) is 11.6 Å². The third-order valence-corrected chi connectivity index (χ3v) is 4.24. The van der Waals surface area contributed by atoms with E-state index in [4.69, 9.17) is 14.2 Å². The second-order valence-corrected chi connectivity index (χ2v) is 5.82. The minimum atomic E-state index is -0.468. The molecule has 1 unspecified atom stereocenters. The number of ether oxygens (including phenoxy) is 3. The molecule has 1 aromatic rings. The van der Waals surface area contributed by atoms with Crippen LogP contribution in [-0.4, -0.2) is 29.7 Å². The van der Waals surface area contributed by atoms with Crippen molar-refractivity contribution in [1.82, 2.24) is 0 Å². The molecule has 1 aliphatic carbocycles. The molecule has 2 N–H and O–H groups in total. The monoisotopic (exact) mass is 294 g/mol. The maximum atomic E-state index is 10.1. The Morgan fingerprint density at radius 2 is 1.90 bits per heavy atom. The predicted molar refractivity (Wildman–Crippen MR) is 76.6 cm³/mol. The van der Waals surface area contributed by atoms with Gasteiger partial charge in [-0.15, -0.1) is 0 Å². The quantitative estimate of drug-likeness (QED) is 0.842. The van der Waals surface area contributed by atoms with Crippen LogP contribution in [0.1, 0.15) is 37.7 Å². The molecule has 0 saturated heterocycles. The van der Waals surface area contributed by atoms with Crippen LogP contribution < -0.4 is 14.2 Å². The zero-order valence-electron chi connectivity index (χ0n) is 12.1. The van der Waals surface area contributed by atoms with E-state index in [1.807, 2.05) is 0 Å². The summed E-state index contributed by atoms with van der Waals surface area (Å²) in [6, 6.07) is 3.44. The summed E-state index contributed by atoms with van der Waals surface area (Å²) in [7, 11) is 0. The van der Waals surface area contributed by atoms with Crippen molar-refractivity contribution in [2.45, 2.75) is 44.8 Å². The van der Waals surface area contributed by atoms with Gasteiger partial charge in [-0.1, -0.05) is 25.7 Å². The molecule has 1 aliphatic heterocycles. The zero-order chi connectivity index (χ0) is 14.7. The van der Waals surface area contributed by atoms with Crippen molar-refractivity contribution in [3.8, 4) is 17.2 Å². The van der Waals surface area contributed by atoms with Crippen LogP contribution in [0.2, 0.25) is 0 Å². The van der Waals surface area contributed by atoms with Crippen molar-refractivity contribution >= 4 is 0 Å². The van der Waals surface area contributed by atoms with E-state index < -0.39 is 6.10 Å². The summed E-state index contributed by atoms with van der Waals surface area (Å²) in [5, 5.41) is 19.5. The first-order valence-electron chi connectivity index (χ1n) is 7.60. The molecule has 1 aromatic carbocycles. The molecule has 1 fully saturated rings. The van der Waals surface area contributed by atoms with Crippen molar-refractivity contribution < 1.29 is 24.4 Å². The highest BCUT2D eigenvalue weighted by Crippen LogP contribution is 2.38. The first kappa shape index (κ1) is 14.5. The SMILES string of the molecule is OCc1cc2c(cc1OCC(O)CC1CCCC1)OCO2. The van der Waals surface area contributed by atoms with E-state index in [0.29, 0.717) is 28.7 Å². The van der Waals surface area contributed by atoms with Crippen LogP contribution >= 0.6 is 0 Å². The van der Waals surface area contributed by atoms with Crippen LogP contribution in [-0.2, 0) is 6.61 Å². The Kier molecular flexibility index (Phi) is 4.51. The molecule has 0 bridgehead atoms. The standard InChI is InChI=1S/C16H22O5/c17-8-12-6-15-16(21-10-20-15)7-14(12)19-9-13(18)5-11-3-1-2-4-11/h6-7,11,13,17-18H,1-5,8-10H2. The van der Waals surface area contributed by atoms with Crippen molar-refractivity contribution in [3.05, 3.63) is 17.7 Å². The normalized spacial score (nSPS) is 19.0. The first-order valence-corrected chi connectivity index (χ1v) is 7.60. The van der Waals surface area contributed by atoms with E-state index in [-0.39, 0.29) is 20.0 Å². The number of rotatable bonds is 6. The molecule has 0 spiro atoms. The molecule has 5 nitrogen and oxygen atoms in total. The maximum absolute atomic E-state index is 10.1. The summed E-state index contributed by atoms with van der Waals surface area (Å²) in [5.74, 6) is 2.41. The Balaban J connectivity index is 1.59. The molecule has 21 heavy (non-hydrogen) atoms. The van der Waals surface area contributed by atoms with E-state index in [1.54, 1.807) is 12.1 Å². The summed E-state index contributed by atoms with van der Waals surface area (Å²) in [6.07, 6.45) is 5.29. The third kappa shape index (κ3) is 3.41. The Morgan fingerprint density at radius 3 is 2.62 bits per heavy atom. The van der Waals surface area contributed by atoms with Gasteiger partial charge in [0.2, 0.25) is 6.79 Å². The minimum absolute atomic E-state index is 0.134. The van der Waals surface area contributed by atoms with Crippen LogP contribution in [0.15, 0.2) is 12.1 Å². The summed E-state index contributed by atoms with van der Waals surface area (Å²) in [4.78, 5) is 0. The fourth-order valence-corrected chi connectivity index (χ4v) is 3.11. The molecule has 1 heterocycles. The van der Waals surface area contributed by atoms with Crippen LogP contribution in [0, 0.1) is 5.92 Å². The van der Waals surface area contributed by atoms with Gasteiger partial charge in [0.25, 0.3) is 0 Å². The van der Waals surface area contributed by atoms with Gasteiger partial charge < -0.3 is 24.4 Å². The highest BCUT2D eigenvalue weighted by Gasteiger charge is 2.21. The molecular formula is C16H22O5. The molecule has 1 saturated carbocycles. The van der Waals surface area contributed by atoms with Gasteiger partial charge in [-0.25, -0.2) is 0 Å². The molecule has 2 aliphatic rings. The van der Waals surface area contributed by atoms with Crippen LogP contribution in [0.5, 0.6) is 17.2 Å². The highest BCUT2D eigenvalue weighted by atomic mass is 16.7. The van der Waals surface area contributed by atoms with Gasteiger partial charge in [-0.05, 0) is 18.4 Å². The smallest absolute Gasteiger partial charge is 0.231 e. The number of fused-ring (bicyclic) bond motifs is 1. The Labute approximate surface area is 124 Å². The van der Waals surface area contributed by atoms with Crippen molar-refractivity contribution in [3.63, 3.8) is 0 Å². The average molecular weight is 294 g/mol. The van der Waals surface area contributed by atoms with Gasteiger partial charge in [-0.2, -0.15) is 0 Å². The summed E-state index contributed by atoms with van der Waals surface area (Å²) in [5.41, 5.74) is 0.646. The van der Waals surface area contributed by atoms with E-state index in [1.165, 1.54) is 25.7 Å². The summed E-state index contributed by atoms with van der Waals surface area (Å²) in [6.45, 7) is 0.293. The fourth-order valence-electron chi connectivity index (χ4n) is 3.11. The second kappa shape index (κ2) is 6.54. The lowest BCUT2D eigenvalue weighted by Gasteiger charge is -2.17. The lowest BCUT2D eigenvalue weighted by Crippen LogP contribution is -2.20. The van der Waals surface area contributed by atoms with E-state index >= 15 is 0 Å². The predicted octanol–water partition coefficient (Wildman–Crippen LogP) is 2.23. The fraction of sp³-hybridized carbons (Fsp3) is 0.625. The molecule has 0 radical (unpaired) electrons. The zero-order valence-corrected chi connectivity index (χ0v) is 12.1. The second-order valence-electron chi connectivity index (χ2n) is 5.82. The van der Waals surface area contributed by atoms with E-state index in [9.17, 15) is 10.2 Å². The third-order valence-electron chi connectivity index (χ3n) is 4.24. The summed E-state index contributed by atoms with van der Waals surface area (Å²) >= 11 is 0. The largest absolute Gasteiger partial charge is 0.490 e. The van der Waals surface area contributed by atoms with Gasteiger partial charge >= 0.3 is 0 Å². The Hall–Kier alpha value is -1.46. The lowest BCUT2D eigenvalue weighted by molar-refractivity contribution is 0.0842. The number of aliphatic hydroxyl groups is 2. The number of benzene rings is 1. The Bertz CT molecular complexity index is 482. The molecule has 3 rings (SSSR count). The maximum Gasteiger partial charge on any atom is 0.231 e. The number of hydrogen-bond acceptors (Lipinski definition) is 5. The van der Waals surface area contributed by atoms with Gasteiger partial charge in [-0.3, -0.25) is 0 Å². The van der Waals surface area contributed by atoms with Crippen molar-refractivity contribution in [1.29, 1.82) is 0 Å². The molecule has 0 amide bonds. The van der Waals surface area contributed by atoms with Gasteiger partial charge in [0.05, 0.1) is 12.7 Å². The van der Waals surface area contributed by atoms with Crippen molar-refractivity contribution in [2.75, 3.05) is 13.4 Å². The average Bonchev–Trinajstić information content (AvgIpc) is 3.14. The topological polar surface area (TPSA) is 68.2 Å². The number of hydrogen-bond donors (Lipinski definition) is 2. The lowest BCUT2D eigenvalue weighted by atomic mass is 10.0. The molecule has 5 heteroatoms. The highest BCUT2D eigenvalue weighted by molar-refractivity contribution is 5.51. The molecule has 1 atom stereocenters. The molecule has 0 aromatic heterocycles. The van der Waals surface area contributed by atoms with Crippen LogP contribution in [0.25, 0.3) is 0 Å². The van der Waals surface area contributed by atoms with Crippen LogP contribution in [0.3, 0.4) is 0 Å². The minimum Gasteiger partial charge on any atom is -0.490 e.